The lowest BCUT2D eigenvalue weighted by Crippen LogP contribution is -1.94. The van der Waals surface area contributed by atoms with Crippen molar-refractivity contribution in [3.05, 3.63) is 82.8 Å². The van der Waals surface area contributed by atoms with Crippen LogP contribution in [0.4, 0.5) is 8.78 Å². The quantitative estimate of drug-likeness (QED) is 0.185. The van der Waals surface area contributed by atoms with E-state index in [0.717, 1.165) is 22.0 Å². The van der Waals surface area contributed by atoms with E-state index < -0.39 is 19.8 Å². The van der Waals surface area contributed by atoms with Crippen molar-refractivity contribution in [2.24, 2.45) is 0 Å². The van der Waals surface area contributed by atoms with Gasteiger partial charge in [-0.25, -0.2) is 27.2 Å². The number of aromatic nitrogens is 2. The van der Waals surface area contributed by atoms with Crippen molar-refractivity contribution >= 4 is 74.6 Å². The Hall–Kier alpha value is -2.11. The van der Waals surface area contributed by atoms with E-state index in [1.165, 1.54) is 46.3 Å². The molecule has 11 heteroatoms. The lowest BCUT2D eigenvalue weighted by molar-refractivity contribution is 0.577. The molecule has 0 saturated carbocycles. The molecule has 0 unspecified atom stereocenters. The Labute approximate surface area is 199 Å². The number of hydrogen-bond donors (Lipinski definition) is 0. The summed E-state index contributed by atoms with van der Waals surface area (Å²) in [6.45, 7) is 0. The Morgan fingerprint density at radius 1 is 0.875 bits per heavy atom. The van der Waals surface area contributed by atoms with Crippen molar-refractivity contribution < 1.29 is 17.2 Å². The van der Waals surface area contributed by atoms with E-state index in [1.54, 1.807) is 16.8 Å². The minimum atomic E-state index is -4.03. The van der Waals surface area contributed by atoms with Gasteiger partial charge < -0.3 is 0 Å². The summed E-state index contributed by atoms with van der Waals surface area (Å²) in [6, 6.07) is 15.7. The Kier molecular flexibility index (Phi) is 7.06. The first-order chi connectivity index (χ1) is 15.3. The fourth-order valence-electron chi connectivity index (χ4n) is 2.75. The van der Waals surface area contributed by atoms with Crippen LogP contribution in [0.5, 0.6) is 0 Å². The summed E-state index contributed by atoms with van der Waals surface area (Å²) in [6.07, 6.45) is 0. The number of hydrogen-bond acceptors (Lipinski definition) is 7. The van der Waals surface area contributed by atoms with Crippen LogP contribution < -0.4 is 0 Å². The van der Waals surface area contributed by atoms with Gasteiger partial charge in [0, 0.05) is 33.5 Å². The number of nitrogens with zero attached hydrogens (tertiary/aromatic N) is 2. The normalized spacial score (nSPS) is 11.5. The third kappa shape index (κ3) is 5.44. The summed E-state index contributed by atoms with van der Waals surface area (Å²) in [5.41, 5.74) is 5.62. The first-order valence-electron chi connectivity index (χ1n) is 8.98. The van der Waals surface area contributed by atoms with E-state index in [0.29, 0.717) is 15.1 Å². The summed E-state index contributed by atoms with van der Waals surface area (Å²) in [5.74, 6) is -0.282. The monoisotopic (exact) mass is 526 g/mol. The second kappa shape index (κ2) is 9.80. The van der Waals surface area contributed by atoms with Crippen LogP contribution in [-0.4, -0.2) is 18.4 Å². The molecule has 0 fully saturated rings. The third-order valence-electron chi connectivity index (χ3n) is 4.27. The van der Waals surface area contributed by atoms with E-state index in [1.807, 2.05) is 24.3 Å². The van der Waals surface area contributed by atoms with Crippen molar-refractivity contribution in [2.75, 3.05) is 0 Å². The average Bonchev–Trinajstić information content (AvgIpc) is 3.40. The Balaban J connectivity index is 0.000000158. The lowest BCUT2D eigenvalue weighted by atomic mass is 10.2. The van der Waals surface area contributed by atoms with Gasteiger partial charge in [-0.1, -0.05) is 30.3 Å². The highest BCUT2D eigenvalue weighted by molar-refractivity contribution is 8.13. The zero-order chi connectivity index (χ0) is 22.7. The zero-order valence-electron chi connectivity index (χ0n) is 16.0. The van der Waals surface area contributed by atoms with E-state index in [-0.39, 0.29) is 5.82 Å². The highest BCUT2D eigenvalue weighted by atomic mass is 35.7. The summed E-state index contributed by atoms with van der Waals surface area (Å²) in [5, 5.41) is 0. The average molecular weight is 527 g/mol. The second-order valence-corrected chi connectivity index (χ2v) is 11.7. The van der Waals surface area contributed by atoms with Gasteiger partial charge in [-0.2, -0.15) is 0 Å². The van der Waals surface area contributed by atoms with Crippen LogP contribution in [-0.2, 0) is 14.8 Å². The van der Waals surface area contributed by atoms with Crippen LogP contribution in [0.15, 0.2) is 75.4 Å². The van der Waals surface area contributed by atoms with E-state index in [4.69, 9.17) is 10.7 Å². The molecular weight excluding hydrogens is 514 g/mol. The number of thioether (sulfide) groups is 1. The van der Waals surface area contributed by atoms with E-state index >= 15 is 0 Å². The van der Waals surface area contributed by atoms with Crippen LogP contribution in [0.2, 0.25) is 0 Å². The molecule has 0 bridgehead atoms. The molecule has 0 aliphatic rings. The molecule has 5 rings (SSSR count). The van der Waals surface area contributed by atoms with Crippen LogP contribution in [0.1, 0.15) is 5.56 Å². The van der Waals surface area contributed by atoms with Gasteiger partial charge in [-0.3, -0.25) is 0 Å². The largest absolute Gasteiger partial charge is 0.264 e. The molecule has 164 valence electrons. The van der Waals surface area contributed by atoms with Crippen molar-refractivity contribution in [2.45, 2.75) is 15.5 Å². The number of rotatable bonds is 4. The number of benzene rings is 3. The maximum Gasteiger partial charge on any atom is 0.264 e. The standard InChI is InChI=1S/C14H10FNS2.C7H3ClFNO2S2/c15-11-6-12-14(18-9-16-12)7-13(11)17-8-10-4-2-1-3-5-10;8-14(11,12)7-2-6-5(1-4(7)9)10-3-13-6/h1-7,9H,8H2;1-3H. The van der Waals surface area contributed by atoms with Gasteiger partial charge in [0.25, 0.3) is 9.05 Å². The molecule has 2 aromatic heterocycles. The predicted molar refractivity (Wildman–Crippen MR) is 128 cm³/mol. The second-order valence-electron chi connectivity index (χ2n) is 6.42. The lowest BCUT2D eigenvalue weighted by Gasteiger charge is -2.03. The third-order valence-corrected chi connectivity index (χ3v) is 8.29. The number of halogens is 3. The van der Waals surface area contributed by atoms with Crippen LogP contribution in [0.3, 0.4) is 0 Å². The maximum absolute atomic E-state index is 13.8. The molecule has 0 radical (unpaired) electrons. The minimum Gasteiger partial charge on any atom is -0.245 e. The van der Waals surface area contributed by atoms with E-state index in [9.17, 15) is 17.2 Å². The van der Waals surface area contributed by atoms with Gasteiger partial charge in [-0.15, -0.1) is 34.4 Å². The first-order valence-corrected chi connectivity index (χ1v) is 14.0. The van der Waals surface area contributed by atoms with E-state index in [2.05, 4.69) is 22.1 Å². The smallest absolute Gasteiger partial charge is 0.245 e. The van der Waals surface area contributed by atoms with Crippen LogP contribution >= 0.6 is 45.1 Å². The molecule has 0 aliphatic carbocycles. The molecule has 5 aromatic rings. The fraction of sp³-hybridized carbons (Fsp3) is 0.0476. The predicted octanol–water partition coefficient (Wildman–Crippen LogP) is 7.09. The molecule has 0 amide bonds. The summed E-state index contributed by atoms with van der Waals surface area (Å²) >= 11 is 4.29. The molecule has 0 atom stereocenters. The first kappa shape index (κ1) is 23.1. The maximum atomic E-state index is 13.8. The molecular formula is C21H13ClF2N2O2S4. The van der Waals surface area contributed by atoms with Crippen LogP contribution in [0.25, 0.3) is 20.4 Å². The molecule has 3 aromatic carbocycles. The summed E-state index contributed by atoms with van der Waals surface area (Å²) in [7, 11) is 1.02. The van der Waals surface area contributed by atoms with Gasteiger partial charge >= 0.3 is 0 Å². The molecule has 0 aliphatic heterocycles. The molecule has 0 saturated heterocycles. The molecule has 2 heterocycles. The Morgan fingerprint density at radius 2 is 1.47 bits per heavy atom. The topological polar surface area (TPSA) is 59.9 Å². The molecule has 0 N–H and O–H groups in total. The van der Waals surface area contributed by atoms with Gasteiger partial charge in [0.1, 0.15) is 16.5 Å². The zero-order valence-corrected chi connectivity index (χ0v) is 20.1. The summed E-state index contributed by atoms with van der Waals surface area (Å²) in [4.78, 5) is 8.14. The summed E-state index contributed by atoms with van der Waals surface area (Å²) < 4.78 is 50.5. The highest BCUT2D eigenvalue weighted by Gasteiger charge is 2.17. The highest BCUT2D eigenvalue weighted by Crippen LogP contribution is 2.30. The van der Waals surface area contributed by atoms with Gasteiger partial charge in [0.2, 0.25) is 0 Å². The molecule has 32 heavy (non-hydrogen) atoms. The van der Waals surface area contributed by atoms with Gasteiger partial charge in [-0.05, 0) is 17.7 Å². The van der Waals surface area contributed by atoms with Crippen molar-refractivity contribution in [1.82, 2.24) is 9.97 Å². The fourth-order valence-corrected chi connectivity index (χ4v) is 6.11. The number of thiazole rings is 2. The molecule has 0 spiro atoms. The van der Waals surface area contributed by atoms with Crippen molar-refractivity contribution in [3.63, 3.8) is 0 Å². The van der Waals surface area contributed by atoms with Crippen LogP contribution in [0, 0.1) is 11.6 Å². The SMILES string of the molecule is Fc1cc2ncsc2cc1SCc1ccccc1.O=S(=O)(Cl)c1cc2scnc2cc1F. The van der Waals surface area contributed by atoms with Gasteiger partial charge in [0.15, 0.2) is 0 Å². The van der Waals surface area contributed by atoms with Crippen molar-refractivity contribution in [1.29, 1.82) is 0 Å². The van der Waals surface area contributed by atoms with Crippen molar-refractivity contribution in [3.8, 4) is 0 Å². The Bertz CT molecular complexity index is 1490. The Morgan fingerprint density at radius 3 is 2.09 bits per heavy atom. The minimum absolute atomic E-state index is 0.186. The molecule has 4 nitrogen and oxygen atoms in total. The number of fused-ring (bicyclic) bond motifs is 2. The van der Waals surface area contributed by atoms with Gasteiger partial charge in [0.05, 0.1) is 31.5 Å².